The zero-order chi connectivity index (χ0) is 51.0. The van der Waals surface area contributed by atoms with Gasteiger partial charge in [0, 0.05) is 13.0 Å². The van der Waals surface area contributed by atoms with Crippen molar-refractivity contribution < 1.29 is 56.2 Å². The molecule has 1 rings (SSSR count). The van der Waals surface area contributed by atoms with Gasteiger partial charge in [-0.05, 0) is 77.0 Å². The highest BCUT2D eigenvalue weighted by molar-refractivity contribution is 7.80. The van der Waals surface area contributed by atoms with E-state index in [1.54, 1.807) is 0 Å². The quantitative estimate of drug-likeness (QED) is 0.0196. The fourth-order valence-corrected chi connectivity index (χ4v) is 9.13. The van der Waals surface area contributed by atoms with Gasteiger partial charge in [0.2, 0.25) is 0 Å². The molecule has 0 aliphatic carbocycles. The lowest BCUT2D eigenvalue weighted by Gasteiger charge is -2.41. The van der Waals surface area contributed by atoms with Gasteiger partial charge in [0.15, 0.2) is 6.29 Å². The zero-order valence-corrected chi connectivity index (χ0v) is 45.1. The molecule has 70 heavy (non-hydrogen) atoms. The average Bonchev–Trinajstić information content (AvgIpc) is 3.34. The fourth-order valence-electron chi connectivity index (χ4n) is 8.62. The van der Waals surface area contributed by atoms with Crippen LogP contribution in [-0.4, -0.2) is 97.5 Å². The Morgan fingerprint density at radius 3 is 1.39 bits per heavy atom. The van der Waals surface area contributed by atoms with Crippen LogP contribution in [0.4, 0.5) is 0 Å². The second kappa shape index (κ2) is 48.0. The van der Waals surface area contributed by atoms with Crippen molar-refractivity contribution in [2.45, 2.75) is 282 Å². The van der Waals surface area contributed by atoms with Gasteiger partial charge in [-0.1, -0.05) is 210 Å². The molecule has 13 heteroatoms. The minimum atomic E-state index is -5.07. The Bertz CT molecular complexity index is 1400. The summed E-state index contributed by atoms with van der Waals surface area (Å²) in [5.74, 6) is -0.400. The number of unbranched alkanes of at least 4 members (excludes halogenated alkanes) is 29. The van der Waals surface area contributed by atoms with Gasteiger partial charge in [0.1, 0.15) is 30.5 Å². The first-order chi connectivity index (χ1) is 34.1. The summed E-state index contributed by atoms with van der Waals surface area (Å²) >= 11 is 0. The van der Waals surface area contributed by atoms with Gasteiger partial charge in [0.05, 0.1) is 19.8 Å². The summed E-state index contributed by atoms with van der Waals surface area (Å²) < 4.78 is 59.4. The number of carbonyl (C=O) groups is 1. The van der Waals surface area contributed by atoms with Crippen LogP contribution < -0.4 is 0 Å². The number of rotatable bonds is 50. The maximum atomic E-state index is 13.0. The molecule has 0 saturated carbocycles. The van der Waals surface area contributed by atoms with E-state index >= 15 is 0 Å². The minimum Gasteiger partial charge on any atom is -0.457 e. The number of aliphatic hydroxyl groups is 3. The molecule has 0 aromatic heterocycles. The van der Waals surface area contributed by atoms with Crippen LogP contribution in [0.1, 0.15) is 245 Å². The molecule has 12 nitrogen and oxygen atoms in total. The van der Waals surface area contributed by atoms with E-state index in [4.69, 9.17) is 18.9 Å². The van der Waals surface area contributed by atoms with Crippen molar-refractivity contribution >= 4 is 16.4 Å². The lowest BCUT2D eigenvalue weighted by molar-refractivity contribution is -0.301. The Kier molecular flexibility index (Phi) is 45.3. The van der Waals surface area contributed by atoms with Gasteiger partial charge in [0.25, 0.3) is 0 Å². The average molecular weight is 1010 g/mol. The first kappa shape index (κ1) is 66.1. The Morgan fingerprint density at radius 2 is 0.943 bits per heavy atom. The van der Waals surface area contributed by atoms with Crippen molar-refractivity contribution in [2.75, 3.05) is 26.4 Å². The molecule has 6 unspecified atom stereocenters. The van der Waals surface area contributed by atoms with Gasteiger partial charge < -0.3 is 34.3 Å². The number of ether oxygens (including phenoxy) is 4. The third-order valence-corrected chi connectivity index (χ3v) is 13.4. The van der Waals surface area contributed by atoms with Crippen molar-refractivity contribution in [2.24, 2.45) is 0 Å². The van der Waals surface area contributed by atoms with Crippen LogP contribution in [0, 0.1) is 0 Å². The molecule has 0 aromatic rings. The summed E-state index contributed by atoms with van der Waals surface area (Å²) in [6.07, 6.45) is 51.4. The van der Waals surface area contributed by atoms with Crippen LogP contribution >= 0.6 is 0 Å². The lowest BCUT2D eigenvalue weighted by atomic mass is 9.99. The SMILES string of the molecule is CCCCC/C=C\C/C=C\CCCCCCCCCCOCC(COC1OC(CO)C(O)C(OS(=O)(=O)O)C1O)OC(=O)CCCCCCCCCCCCCCC/C=C\C/C=C\CCCCCCC. The van der Waals surface area contributed by atoms with Crippen molar-refractivity contribution in [3.63, 3.8) is 0 Å². The summed E-state index contributed by atoms with van der Waals surface area (Å²) in [5, 5.41) is 30.8. The second-order valence-electron chi connectivity index (χ2n) is 19.5. The monoisotopic (exact) mass is 1010 g/mol. The van der Waals surface area contributed by atoms with Crippen LogP contribution in [0.3, 0.4) is 0 Å². The molecular weight excluding hydrogens is 909 g/mol. The molecule has 0 aromatic carbocycles. The molecule has 0 amide bonds. The molecule has 4 N–H and O–H groups in total. The highest BCUT2D eigenvalue weighted by Gasteiger charge is 2.48. The van der Waals surface area contributed by atoms with E-state index in [0.717, 1.165) is 57.8 Å². The fraction of sp³-hybridized carbons (Fsp3) is 0.842. The van der Waals surface area contributed by atoms with Gasteiger partial charge in [-0.3, -0.25) is 9.35 Å². The first-order valence-electron chi connectivity index (χ1n) is 28.4. The van der Waals surface area contributed by atoms with E-state index in [2.05, 4.69) is 66.6 Å². The van der Waals surface area contributed by atoms with E-state index in [0.29, 0.717) is 13.0 Å². The summed E-state index contributed by atoms with van der Waals surface area (Å²) in [6.45, 7) is 3.98. The predicted molar refractivity (Wildman–Crippen MR) is 285 cm³/mol. The van der Waals surface area contributed by atoms with Gasteiger partial charge in [-0.15, -0.1) is 0 Å². The highest BCUT2D eigenvalue weighted by Crippen LogP contribution is 2.26. The molecule has 1 aliphatic rings. The lowest BCUT2D eigenvalue weighted by Crippen LogP contribution is -2.60. The smallest absolute Gasteiger partial charge is 0.397 e. The van der Waals surface area contributed by atoms with Crippen LogP contribution in [0.2, 0.25) is 0 Å². The highest BCUT2D eigenvalue weighted by atomic mass is 32.3. The van der Waals surface area contributed by atoms with Crippen LogP contribution in [0.25, 0.3) is 0 Å². The van der Waals surface area contributed by atoms with Gasteiger partial charge in [-0.25, -0.2) is 4.18 Å². The van der Waals surface area contributed by atoms with Gasteiger partial charge >= 0.3 is 16.4 Å². The first-order valence-corrected chi connectivity index (χ1v) is 29.8. The molecule has 1 heterocycles. The number of hydrogen-bond donors (Lipinski definition) is 4. The summed E-state index contributed by atoms with van der Waals surface area (Å²) in [5.41, 5.74) is 0. The predicted octanol–water partition coefficient (Wildman–Crippen LogP) is 13.9. The maximum Gasteiger partial charge on any atom is 0.397 e. The molecule has 0 radical (unpaired) electrons. The molecule has 1 fully saturated rings. The van der Waals surface area contributed by atoms with Crippen molar-refractivity contribution in [3.8, 4) is 0 Å². The van der Waals surface area contributed by atoms with E-state index in [9.17, 15) is 33.1 Å². The van der Waals surface area contributed by atoms with Crippen molar-refractivity contribution in [1.82, 2.24) is 0 Å². The summed E-state index contributed by atoms with van der Waals surface area (Å²) in [4.78, 5) is 13.0. The standard InChI is InChI=1S/C57H104O12S/c1-3-5-7-9-11-13-15-17-19-21-23-24-25-26-27-28-29-30-32-34-36-38-40-42-44-46-53(59)67-51(50-66-57-55(61)56(69-70(62,63)64)54(60)52(48-58)68-57)49-65-47-45-43-41-39-37-35-33-31-22-20-18-16-14-12-10-8-6-4-2/h12,14-15,17-18,20-21,23,51-52,54-58,60-61H,3-11,13,16,19,22,24-50H2,1-2H3,(H,62,63,64)/b14-12-,17-15-,20-18-,23-21-. The number of aliphatic hydroxyl groups excluding tert-OH is 3. The third kappa shape index (κ3) is 40.5. The Morgan fingerprint density at radius 1 is 0.543 bits per heavy atom. The van der Waals surface area contributed by atoms with Crippen LogP contribution in [0.15, 0.2) is 48.6 Å². The Labute approximate surface area is 427 Å². The Hall–Kier alpha value is -1.94. The molecule has 1 saturated heterocycles. The summed E-state index contributed by atoms with van der Waals surface area (Å²) in [6, 6.07) is 0. The largest absolute Gasteiger partial charge is 0.457 e. The van der Waals surface area contributed by atoms with E-state index in [1.165, 1.54) is 161 Å². The van der Waals surface area contributed by atoms with E-state index in [-0.39, 0.29) is 19.6 Å². The molecule has 0 spiro atoms. The molecule has 6 atom stereocenters. The Balaban J connectivity index is 2.30. The minimum absolute atomic E-state index is 0.0322. The van der Waals surface area contributed by atoms with E-state index in [1.807, 2.05) is 0 Å². The van der Waals surface area contributed by atoms with Crippen molar-refractivity contribution in [3.05, 3.63) is 48.6 Å². The molecule has 410 valence electrons. The summed E-state index contributed by atoms with van der Waals surface area (Å²) in [7, 11) is -5.07. The second-order valence-corrected chi connectivity index (χ2v) is 20.6. The number of carbonyl (C=O) groups excluding carboxylic acids is 1. The van der Waals surface area contributed by atoms with Crippen LogP contribution in [-0.2, 0) is 38.3 Å². The third-order valence-electron chi connectivity index (χ3n) is 12.9. The van der Waals surface area contributed by atoms with Gasteiger partial charge in [-0.2, -0.15) is 8.42 Å². The normalized spacial score (nSPS) is 19.4. The topological polar surface area (TPSA) is 178 Å². The molecule has 0 bridgehead atoms. The van der Waals surface area contributed by atoms with Crippen LogP contribution in [0.5, 0.6) is 0 Å². The number of allylic oxidation sites excluding steroid dienone is 8. The number of esters is 1. The molecule has 1 aliphatic heterocycles. The van der Waals surface area contributed by atoms with Crippen molar-refractivity contribution in [1.29, 1.82) is 0 Å². The maximum absolute atomic E-state index is 13.0. The molecular formula is C57H104O12S. The number of hydrogen-bond acceptors (Lipinski definition) is 11. The van der Waals surface area contributed by atoms with E-state index < -0.39 is 59.8 Å². The zero-order valence-electron chi connectivity index (χ0n) is 44.3.